The van der Waals surface area contributed by atoms with Crippen molar-refractivity contribution in [3.8, 4) is 11.5 Å². The molecule has 0 saturated carbocycles. The molecule has 0 aromatic carbocycles. The van der Waals surface area contributed by atoms with E-state index in [2.05, 4.69) is 41.4 Å². The van der Waals surface area contributed by atoms with Gasteiger partial charge in [0, 0.05) is 6.92 Å². The standard InChI is InChI=1S/C14H20N2OSi/c1-11(15-12(2)17)14-8-6-7-13(16-14)9-10-18(3,4)5/h6-8,11H,1-5H3,(H,15,17). The number of nitrogens with zero attached hydrogens (tertiary/aromatic N) is 1. The van der Waals surface area contributed by atoms with E-state index in [0.29, 0.717) is 0 Å². The SMILES string of the molecule is CC(=O)NC(C)c1cccc(C#C[Si](C)(C)C)n1. The van der Waals surface area contributed by atoms with Crippen LogP contribution in [0.3, 0.4) is 0 Å². The second-order valence-electron chi connectivity index (χ2n) is 5.37. The van der Waals surface area contributed by atoms with E-state index >= 15 is 0 Å². The van der Waals surface area contributed by atoms with Crippen LogP contribution >= 0.6 is 0 Å². The van der Waals surface area contributed by atoms with Crippen molar-refractivity contribution in [1.82, 2.24) is 10.3 Å². The molecule has 1 heterocycles. The summed E-state index contributed by atoms with van der Waals surface area (Å²) in [5.74, 6) is 3.07. The number of pyridine rings is 1. The molecule has 1 amide bonds. The van der Waals surface area contributed by atoms with Crippen LogP contribution in [0.4, 0.5) is 0 Å². The summed E-state index contributed by atoms with van der Waals surface area (Å²) in [5.41, 5.74) is 4.89. The smallest absolute Gasteiger partial charge is 0.217 e. The van der Waals surface area contributed by atoms with Gasteiger partial charge < -0.3 is 5.32 Å². The lowest BCUT2D eigenvalue weighted by Crippen LogP contribution is -2.24. The molecule has 0 radical (unpaired) electrons. The number of rotatable bonds is 2. The molecule has 0 saturated heterocycles. The van der Waals surface area contributed by atoms with Crippen molar-refractivity contribution in [3.05, 3.63) is 29.6 Å². The molecule has 0 aliphatic carbocycles. The summed E-state index contributed by atoms with van der Waals surface area (Å²) >= 11 is 0. The second-order valence-corrected chi connectivity index (χ2v) is 10.1. The van der Waals surface area contributed by atoms with Crippen LogP contribution in [0.2, 0.25) is 19.6 Å². The average molecular weight is 260 g/mol. The molecule has 1 N–H and O–H groups in total. The van der Waals surface area contributed by atoms with Gasteiger partial charge >= 0.3 is 0 Å². The molecule has 4 heteroatoms. The zero-order valence-corrected chi connectivity index (χ0v) is 12.7. The molecule has 0 spiro atoms. The van der Waals surface area contributed by atoms with Crippen LogP contribution in [0.25, 0.3) is 0 Å². The molecule has 0 fully saturated rings. The van der Waals surface area contributed by atoms with Crippen LogP contribution in [0.5, 0.6) is 0 Å². The second kappa shape index (κ2) is 5.83. The third-order valence-corrected chi connectivity index (χ3v) is 3.07. The van der Waals surface area contributed by atoms with Gasteiger partial charge in [-0.2, -0.15) is 0 Å². The number of aromatic nitrogens is 1. The van der Waals surface area contributed by atoms with Crippen molar-refractivity contribution in [3.63, 3.8) is 0 Å². The predicted octanol–water partition coefficient (Wildman–Crippen LogP) is 2.51. The van der Waals surface area contributed by atoms with Gasteiger partial charge in [0.1, 0.15) is 13.8 Å². The van der Waals surface area contributed by atoms with Crippen LogP contribution in [0.1, 0.15) is 31.3 Å². The Morgan fingerprint density at radius 2 is 2.06 bits per heavy atom. The van der Waals surface area contributed by atoms with E-state index < -0.39 is 8.07 Å². The lowest BCUT2D eigenvalue weighted by atomic mass is 10.2. The topological polar surface area (TPSA) is 42.0 Å². The fourth-order valence-electron chi connectivity index (χ4n) is 1.39. The van der Waals surface area contributed by atoms with Crippen LogP contribution in [-0.4, -0.2) is 19.0 Å². The number of amides is 1. The van der Waals surface area contributed by atoms with Crippen LogP contribution in [0, 0.1) is 11.5 Å². The zero-order chi connectivity index (χ0) is 13.8. The summed E-state index contributed by atoms with van der Waals surface area (Å²) in [6.45, 7) is 10.0. The molecule has 0 bridgehead atoms. The molecule has 1 aromatic heterocycles. The first-order valence-corrected chi connectivity index (χ1v) is 9.55. The largest absolute Gasteiger partial charge is 0.348 e. The van der Waals surface area contributed by atoms with Crippen molar-refractivity contribution < 1.29 is 4.79 Å². The quantitative estimate of drug-likeness (QED) is 0.656. The van der Waals surface area contributed by atoms with Crippen molar-refractivity contribution in [2.75, 3.05) is 0 Å². The van der Waals surface area contributed by atoms with E-state index in [9.17, 15) is 4.79 Å². The third-order valence-electron chi connectivity index (χ3n) is 2.20. The van der Waals surface area contributed by atoms with Gasteiger partial charge in [-0.15, -0.1) is 5.54 Å². The van der Waals surface area contributed by atoms with Gasteiger partial charge in [-0.1, -0.05) is 31.6 Å². The van der Waals surface area contributed by atoms with E-state index in [1.165, 1.54) is 6.92 Å². The molecule has 0 aliphatic rings. The minimum Gasteiger partial charge on any atom is -0.348 e. The minimum atomic E-state index is -1.38. The number of nitrogens with one attached hydrogen (secondary N) is 1. The Labute approximate surface area is 110 Å². The van der Waals surface area contributed by atoms with Crippen molar-refractivity contribution in [1.29, 1.82) is 0 Å². The van der Waals surface area contributed by atoms with Crippen LogP contribution in [-0.2, 0) is 4.79 Å². The highest BCUT2D eigenvalue weighted by atomic mass is 28.3. The molecule has 1 aromatic rings. The van der Waals surface area contributed by atoms with Gasteiger partial charge in [0.15, 0.2) is 0 Å². The molecule has 1 rings (SSSR count). The Morgan fingerprint density at radius 3 is 2.61 bits per heavy atom. The number of hydrogen-bond acceptors (Lipinski definition) is 2. The molecule has 0 aliphatic heterocycles. The van der Waals surface area contributed by atoms with Gasteiger partial charge in [-0.3, -0.25) is 4.79 Å². The van der Waals surface area contributed by atoms with Crippen molar-refractivity contribution in [2.24, 2.45) is 0 Å². The highest BCUT2D eigenvalue weighted by molar-refractivity contribution is 6.83. The summed E-state index contributed by atoms with van der Waals surface area (Å²) in [6, 6.07) is 5.64. The lowest BCUT2D eigenvalue weighted by molar-refractivity contribution is -0.119. The Bertz CT molecular complexity index is 494. The minimum absolute atomic E-state index is 0.0529. The lowest BCUT2D eigenvalue weighted by Gasteiger charge is -2.11. The average Bonchev–Trinajstić information content (AvgIpc) is 2.25. The zero-order valence-electron chi connectivity index (χ0n) is 11.7. The first kappa shape index (κ1) is 14.5. The molecule has 96 valence electrons. The summed E-state index contributed by atoms with van der Waals surface area (Å²) in [5, 5.41) is 2.82. The maximum absolute atomic E-state index is 11.0. The summed E-state index contributed by atoms with van der Waals surface area (Å²) in [4.78, 5) is 15.5. The maximum atomic E-state index is 11.0. The van der Waals surface area contributed by atoms with Crippen molar-refractivity contribution in [2.45, 2.75) is 39.5 Å². The fraction of sp³-hybridized carbons (Fsp3) is 0.429. The van der Waals surface area contributed by atoms with E-state index in [0.717, 1.165) is 11.4 Å². The Morgan fingerprint density at radius 1 is 1.39 bits per heavy atom. The van der Waals surface area contributed by atoms with E-state index in [1.807, 2.05) is 25.1 Å². The highest BCUT2D eigenvalue weighted by Gasteiger charge is 2.09. The van der Waals surface area contributed by atoms with Crippen LogP contribution < -0.4 is 5.32 Å². The normalized spacial score (nSPS) is 12.3. The maximum Gasteiger partial charge on any atom is 0.217 e. The Hall–Kier alpha value is -1.60. The number of hydrogen-bond donors (Lipinski definition) is 1. The molecule has 1 atom stereocenters. The first-order valence-electron chi connectivity index (χ1n) is 6.05. The van der Waals surface area contributed by atoms with Crippen LogP contribution in [0.15, 0.2) is 18.2 Å². The summed E-state index contributed by atoms with van der Waals surface area (Å²) in [7, 11) is -1.38. The Balaban J connectivity index is 2.91. The molecule has 3 nitrogen and oxygen atoms in total. The van der Waals surface area contributed by atoms with Gasteiger partial charge in [-0.05, 0) is 19.1 Å². The van der Waals surface area contributed by atoms with E-state index in [1.54, 1.807) is 0 Å². The third kappa shape index (κ3) is 5.15. The van der Waals surface area contributed by atoms with Gasteiger partial charge in [-0.25, -0.2) is 4.98 Å². The highest BCUT2D eigenvalue weighted by Crippen LogP contribution is 2.09. The summed E-state index contributed by atoms with van der Waals surface area (Å²) in [6.07, 6.45) is 0. The van der Waals surface area contributed by atoms with Gasteiger partial charge in [0.25, 0.3) is 0 Å². The van der Waals surface area contributed by atoms with Gasteiger partial charge in [0.05, 0.1) is 11.7 Å². The first-order chi connectivity index (χ1) is 8.28. The van der Waals surface area contributed by atoms with Gasteiger partial charge in [0.2, 0.25) is 5.91 Å². The van der Waals surface area contributed by atoms with Crippen molar-refractivity contribution >= 4 is 14.0 Å². The molecular formula is C14H20N2OSi. The Kier molecular flexibility index (Phi) is 4.68. The molecular weight excluding hydrogens is 240 g/mol. The van der Waals surface area contributed by atoms with E-state index in [-0.39, 0.29) is 11.9 Å². The molecule has 1 unspecified atom stereocenters. The number of carbonyl (C=O) groups excluding carboxylic acids is 1. The number of carbonyl (C=O) groups is 1. The monoisotopic (exact) mass is 260 g/mol. The molecule has 18 heavy (non-hydrogen) atoms. The van der Waals surface area contributed by atoms with E-state index in [4.69, 9.17) is 0 Å². The summed E-state index contributed by atoms with van der Waals surface area (Å²) < 4.78 is 0. The predicted molar refractivity (Wildman–Crippen MR) is 76.7 cm³/mol. The fourth-order valence-corrected chi connectivity index (χ4v) is 1.90.